The van der Waals surface area contributed by atoms with E-state index >= 15 is 0 Å². The van der Waals surface area contributed by atoms with E-state index in [2.05, 4.69) is 14.5 Å². The first kappa shape index (κ1) is 9.68. The average molecular weight is 194 g/mol. The number of imidazole rings is 1. The Labute approximate surface area is 84.7 Å². The van der Waals surface area contributed by atoms with Crippen molar-refractivity contribution in [3.63, 3.8) is 0 Å². The molecule has 1 saturated heterocycles. The Morgan fingerprint density at radius 1 is 1.64 bits per heavy atom. The van der Waals surface area contributed by atoms with Crippen molar-refractivity contribution in [1.82, 2.24) is 14.5 Å². The van der Waals surface area contributed by atoms with E-state index in [0.29, 0.717) is 6.04 Å². The number of hydrogen-bond donors (Lipinski definition) is 1. The van der Waals surface area contributed by atoms with Crippen molar-refractivity contribution in [3.8, 4) is 0 Å². The van der Waals surface area contributed by atoms with Gasteiger partial charge in [-0.25, -0.2) is 4.98 Å². The SMILES string of the molecule is Cn1ccnc1CN1CCCC1CN. The molecule has 0 aliphatic carbocycles. The van der Waals surface area contributed by atoms with E-state index in [1.807, 2.05) is 19.4 Å². The predicted molar refractivity (Wildman–Crippen MR) is 55.7 cm³/mol. The molecule has 1 aromatic heterocycles. The Balaban J connectivity index is 2.00. The van der Waals surface area contributed by atoms with Gasteiger partial charge in [0.2, 0.25) is 0 Å². The molecule has 2 heterocycles. The zero-order chi connectivity index (χ0) is 9.97. The number of aryl methyl sites for hydroxylation is 1. The van der Waals surface area contributed by atoms with Crippen molar-refractivity contribution in [2.75, 3.05) is 13.1 Å². The van der Waals surface area contributed by atoms with Gasteiger partial charge in [0.25, 0.3) is 0 Å². The van der Waals surface area contributed by atoms with Gasteiger partial charge in [-0.05, 0) is 19.4 Å². The van der Waals surface area contributed by atoms with Gasteiger partial charge in [-0.1, -0.05) is 0 Å². The molecular formula is C10H18N4. The molecule has 78 valence electrons. The smallest absolute Gasteiger partial charge is 0.122 e. The molecule has 0 spiro atoms. The molecule has 14 heavy (non-hydrogen) atoms. The average Bonchev–Trinajstić information content (AvgIpc) is 2.77. The summed E-state index contributed by atoms with van der Waals surface area (Å²) in [4.78, 5) is 6.76. The van der Waals surface area contributed by atoms with Crippen LogP contribution in [0.4, 0.5) is 0 Å². The third kappa shape index (κ3) is 1.81. The molecule has 1 aromatic rings. The summed E-state index contributed by atoms with van der Waals surface area (Å²) >= 11 is 0. The first-order chi connectivity index (χ1) is 6.81. The van der Waals surface area contributed by atoms with Crippen molar-refractivity contribution in [3.05, 3.63) is 18.2 Å². The summed E-state index contributed by atoms with van der Waals surface area (Å²) < 4.78 is 2.08. The lowest BCUT2D eigenvalue weighted by atomic mass is 10.2. The van der Waals surface area contributed by atoms with E-state index < -0.39 is 0 Å². The minimum Gasteiger partial charge on any atom is -0.337 e. The number of rotatable bonds is 3. The highest BCUT2D eigenvalue weighted by molar-refractivity contribution is 4.93. The van der Waals surface area contributed by atoms with Gasteiger partial charge in [0.15, 0.2) is 0 Å². The molecule has 0 bridgehead atoms. The third-order valence-corrected chi connectivity index (χ3v) is 3.04. The topological polar surface area (TPSA) is 47.1 Å². The Kier molecular flexibility index (Phi) is 2.84. The number of aromatic nitrogens is 2. The molecule has 1 aliphatic rings. The summed E-state index contributed by atoms with van der Waals surface area (Å²) in [6.07, 6.45) is 6.35. The third-order valence-electron chi connectivity index (χ3n) is 3.04. The second-order valence-corrected chi connectivity index (χ2v) is 3.96. The zero-order valence-corrected chi connectivity index (χ0v) is 8.69. The molecule has 0 amide bonds. The number of hydrogen-bond acceptors (Lipinski definition) is 3. The number of likely N-dealkylation sites (tertiary alicyclic amines) is 1. The lowest BCUT2D eigenvalue weighted by Crippen LogP contribution is -2.35. The maximum absolute atomic E-state index is 5.72. The molecule has 1 unspecified atom stereocenters. The maximum atomic E-state index is 5.72. The quantitative estimate of drug-likeness (QED) is 0.755. The molecule has 0 radical (unpaired) electrons. The van der Waals surface area contributed by atoms with Crippen LogP contribution in [0, 0.1) is 0 Å². The van der Waals surface area contributed by atoms with Gasteiger partial charge in [0.05, 0.1) is 6.54 Å². The van der Waals surface area contributed by atoms with Gasteiger partial charge in [0.1, 0.15) is 5.82 Å². The second-order valence-electron chi connectivity index (χ2n) is 3.96. The van der Waals surface area contributed by atoms with Gasteiger partial charge in [-0.15, -0.1) is 0 Å². The summed E-state index contributed by atoms with van der Waals surface area (Å²) in [5, 5.41) is 0. The van der Waals surface area contributed by atoms with Gasteiger partial charge in [-0.2, -0.15) is 0 Å². The largest absolute Gasteiger partial charge is 0.337 e. The van der Waals surface area contributed by atoms with E-state index in [1.165, 1.54) is 12.8 Å². The fraction of sp³-hybridized carbons (Fsp3) is 0.700. The van der Waals surface area contributed by atoms with E-state index in [1.54, 1.807) is 0 Å². The van der Waals surface area contributed by atoms with Crippen molar-refractivity contribution < 1.29 is 0 Å². The lowest BCUT2D eigenvalue weighted by Gasteiger charge is -2.22. The first-order valence-electron chi connectivity index (χ1n) is 5.21. The van der Waals surface area contributed by atoms with E-state index in [4.69, 9.17) is 5.73 Å². The molecule has 2 N–H and O–H groups in total. The van der Waals surface area contributed by atoms with Gasteiger partial charge in [-0.3, -0.25) is 4.90 Å². The Bertz CT molecular complexity index is 294. The number of nitrogens with zero attached hydrogens (tertiary/aromatic N) is 3. The summed E-state index contributed by atoms with van der Waals surface area (Å²) in [7, 11) is 2.04. The van der Waals surface area contributed by atoms with E-state index in [-0.39, 0.29) is 0 Å². The molecule has 0 aromatic carbocycles. The highest BCUT2D eigenvalue weighted by atomic mass is 15.2. The van der Waals surface area contributed by atoms with Crippen molar-refractivity contribution in [2.45, 2.75) is 25.4 Å². The standard InChI is InChI=1S/C10H18N4/c1-13-6-4-12-10(13)8-14-5-2-3-9(14)7-11/h4,6,9H,2-3,5,7-8,11H2,1H3. The van der Waals surface area contributed by atoms with Crippen LogP contribution in [0.2, 0.25) is 0 Å². The van der Waals surface area contributed by atoms with Crippen LogP contribution >= 0.6 is 0 Å². The molecule has 4 heteroatoms. The van der Waals surface area contributed by atoms with E-state index in [9.17, 15) is 0 Å². The summed E-state index contributed by atoms with van der Waals surface area (Å²) in [5.41, 5.74) is 5.72. The van der Waals surface area contributed by atoms with E-state index in [0.717, 1.165) is 25.5 Å². The van der Waals surface area contributed by atoms with Crippen molar-refractivity contribution in [1.29, 1.82) is 0 Å². The Morgan fingerprint density at radius 3 is 3.14 bits per heavy atom. The highest BCUT2D eigenvalue weighted by Crippen LogP contribution is 2.18. The van der Waals surface area contributed by atoms with Crippen LogP contribution in [0.5, 0.6) is 0 Å². The highest BCUT2D eigenvalue weighted by Gasteiger charge is 2.23. The molecule has 1 atom stereocenters. The van der Waals surface area contributed by atoms with Gasteiger partial charge in [0, 0.05) is 32.0 Å². The van der Waals surface area contributed by atoms with Crippen LogP contribution in [0.25, 0.3) is 0 Å². The molecule has 4 nitrogen and oxygen atoms in total. The van der Waals surface area contributed by atoms with Crippen LogP contribution < -0.4 is 5.73 Å². The van der Waals surface area contributed by atoms with Gasteiger partial charge < -0.3 is 10.3 Å². The minimum absolute atomic E-state index is 0.562. The zero-order valence-electron chi connectivity index (χ0n) is 8.69. The van der Waals surface area contributed by atoms with Crippen molar-refractivity contribution >= 4 is 0 Å². The first-order valence-corrected chi connectivity index (χ1v) is 5.21. The maximum Gasteiger partial charge on any atom is 0.122 e. The normalized spacial score (nSPS) is 23.1. The molecular weight excluding hydrogens is 176 g/mol. The van der Waals surface area contributed by atoms with Crippen LogP contribution in [-0.4, -0.2) is 33.6 Å². The predicted octanol–water partition coefficient (Wildman–Crippen LogP) is 0.343. The lowest BCUT2D eigenvalue weighted by molar-refractivity contribution is 0.242. The number of nitrogens with two attached hydrogens (primary N) is 1. The summed E-state index contributed by atoms with van der Waals surface area (Å²) in [5.74, 6) is 1.13. The monoisotopic (exact) mass is 194 g/mol. The van der Waals surface area contributed by atoms with Crippen LogP contribution in [0.1, 0.15) is 18.7 Å². The molecule has 1 fully saturated rings. The van der Waals surface area contributed by atoms with Crippen molar-refractivity contribution in [2.24, 2.45) is 12.8 Å². The molecule has 2 rings (SSSR count). The fourth-order valence-corrected chi connectivity index (χ4v) is 2.10. The fourth-order valence-electron chi connectivity index (χ4n) is 2.10. The second kappa shape index (κ2) is 4.11. The van der Waals surface area contributed by atoms with Crippen LogP contribution in [-0.2, 0) is 13.6 Å². The summed E-state index contributed by atoms with van der Waals surface area (Å²) in [6, 6.07) is 0.562. The minimum atomic E-state index is 0.562. The summed E-state index contributed by atoms with van der Waals surface area (Å²) in [6.45, 7) is 2.87. The van der Waals surface area contributed by atoms with Crippen LogP contribution in [0.3, 0.4) is 0 Å². The van der Waals surface area contributed by atoms with Gasteiger partial charge >= 0.3 is 0 Å². The Morgan fingerprint density at radius 2 is 2.50 bits per heavy atom. The molecule has 1 aliphatic heterocycles. The molecule has 0 saturated carbocycles. The Hall–Kier alpha value is -0.870. The van der Waals surface area contributed by atoms with Crippen LogP contribution in [0.15, 0.2) is 12.4 Å².